The Hall–Kier alpha value is -1.05. The van der Waals surface area contributed by atoms with Crippen molar-refractivity contribution in [3.05, 3.63) is 28.2 Å². The first-order valence-corrected chi connectivity index (χ1v) is 6.05. The van der Waals surface area contributed by atoms with E-state index in [0.717, 1.165) is 29.9 Å². The van der Waals surface area contributed by atoms with E-state index in [0.29, 0.717) is 11.6 Å². The van der Waals surface area contributed by atoms with Gasteiger partial charge in [-0.2, -0.15) is 5.26 Å². The maximum Gasteiger partial charge on any atom is 0.0992 e. The van der Waals surface area contributed by atoms with Crippen LogP contribution in [0, 0.1) is 11.3 Å². The Morgan fingerprint density at radius 3 is 3.00 bits per heavy atom. The van der Waals surface area contributed by atoms with Crippen LogP contribution < -0.4 is 4.90 Å². The molecular weight excluding hydrogens is 268 g/mol. The van der Waals surface area contributed by atoms with E-state index in [1.54, 1.807) is 0 Å². The number of nitrogens with zero attached hydrogens (tertiary/aromatic N) is 2. The second kappa shape index (κ2) is 4.86. The van der Waals surface area contributed by atoms with Gasteiger partial charge in [0.05, 0.1) is 24.8 Å². The van der Waals surface area contributed by atoms with E-state index in [2.05, 4.69) is 33.8 Å². The summed E-state index contributed by atoms with van der Waals surface area (Å²) >= 11 is 3.43. The van der Waals surface area contributed by atoms with Crippen LogP contribution in [-0.2, 0) is 4.74 Å². The average molecular weight is 281 g/mol. The van der Waals surface area contributed by atoms with Crippen molar-refractivity contribution in [2.75, 3.05) is 24.7 Å². The van der Waals surface area contributed by atoms with Gasteiger partial charge in [-0.1, -0.05) is 15.9 Å². The minimum Gasteiger partial charge on any atom is -0.377 e. The predicted octanol–water partition coefficient (Wildman–Crippen LogP) is 2.55. The van der Waals surface area contributed by atoms with Crippen LogP contribution in [0.25, 0.3) is 0 Å². The van der Waals surface area contributed by atoms with Crippen LogP contribution in [0.5, 0.6) is 0 Å². The molecule has 1 aliphatic heterocycles. The molecular formula is C12H13BrN2O. The number of morpholine rings is 1. The number of nitriles is 1. The van der Waals surface area contributed by atoms with E-state index in [-0.39, 0.29) is 0 Å². The molecule has 1 atom stereocenters. The lowest BCUT2D eigenvalue weighted by Gasteiger charge is -2.35. The molecule has 84 valence electrons. The van der Waals surface area contributed by atoms with Gasteiger partial charge in [0.25, 0.3) is 0 Å². The summed E-state index contributed by atoms with van der Waals surface area (Å²) in [5.41, 5.74) is 1.77. The molecule has 1 saturated heterocycles. The van der Waals surface area contributed by atoms with Crippen LogP contribution in [0.2, 0.25) is 0 Å². The van der Waals surface area contributed by atoms with Crippen molar-refractivity contribution in [2.45, 2.75) is 13.0 Å². The smallest absolute Gasteiger partial charge is 0.0992 e. The predicted molar refractivity (Wildman–Crippen MR) is 66.5 cm³/mol. The van der Waals surface area contributed by atoms with Gasteiger partial charge in [0.15, 0.2) is 0 Å². The zero-order chi connectivity index (χ0) is 11.5. The highest BCUT2D eigenvalue weighted by Gasteiger charge is 2.19. The number of anilines is 1. The zero-order valence-corrected chi connectivity index (χ0v) is 10.7. The summed E-state index contributed by atoms with van der Waals surface area (Å²) in [6, 6.07) is 8.33. The number of ether oxygens (including phenoxy) is 1. The maximum absolute atomic E-state index is 8.94. The molecule has 0 N–H and O–H groups in total. The van der Waals surface area contributed by atoms with Crippen molar-refractivity contribution >= 4 is 21.6 Å². The number of benzene rings is 1. The van der Waals surface area contributed by atoms with Gasteiger partial charge >= 0.3 is 0 Å². The molecule has 0 saturated carbocycles. The fourth-order valence-corrected chi connectivity index (χ4v) is 2.40. The van der Waals surface area contributed by atoms with E-state index in [1.165, 1.54) is 0 Å². The molecule has 1 aliphatic rings. The largest absolute Gasteiger partial charge is 0.377 e. The van der Waals surface area contributed by atoms with Crippen LogP contribution in [0.1, 0.15) is 12.5 Å². The number of hydrogen-bond donors (Lipinski definition) is 0. The Morgan fingerprint density at radius 2 is 2.31 bits per heavy atom. The van der Waals surface area contributed by atoms with E-state index < -0.39 is 0 Å². The third-order valence-electron chi connectivity index (χ3n) is 2.71. The molecule has 0 spiro atoms. The van der Waals surface area contributed by atoms with E-state index in [1.807, 2.05) is 18.2 Å². The Labute approximate surface area is 104 Å². The molecule has 4 heteroatoms. The standard InChI is InChI=1S/C12H13BrN2O/c1-9-8-16-3-2-15(9)12-5-10(7-14)4-11(13)6-12/h4-6,9H,2-3,8H2,1H3. The van der Waals surface area contributed by atoms with Gasteiger partial charge < -0.3 is 9.64 Å². The van der Waals surface area contributed by atoms with Gasteiger partial charge in [0, 0.05) is 22.7 Å². The quantitative estimate of drug-likeness (QED) is 0.793. The van der Waals surface area contributed by atoms with Gasteiger partial charge in [-0.3, -0.25) is 0 Å². The lowest BCUT2D eigenvalue weighted by molar-refractivity contribution is 0.0989. The molecule has 0 aliphatic carbocycles. The topological polar surface area (TPSA) is 36.3 Å². The molecule has 1 fully saturated rings. The average Bonchev–Trinajstić information content (AvgIpc) is 2.28. The van der Waals surface area contributed by atoms with Crippen LogP contribution in [0.4, 0.5) is 5.69 Å². The Bertz CT molecular complexity index is 428. The van der Waals surface area contributed by atoms with Crippen molar-refractivity contribution < 1.29 is 4.74 Å². The maximum atomic E-state index is 8.94. The highest BCUT2D eigenvalue weighted by Crippen LogP contribution is 2.25. The van der Waals surface area contributed by atoms with Crippen molar-refractivity contribution in [3.8, 4) is 6.07 Å². The third kappa shape index (κ3) is 2.37. The Kier molecular flexibility index (Phi) is 3.47. The van der Waals surface area contributed by atoms with Gasteiger partial charge in [0.2, 0.25) is 0 Å². The molecule has 16 heavy (non-hydrogen) atoms. The van der Waals surface area contributed by atoms with Crippen LogP contribution in [0.15, 0.2) is 22.7 Å². The van der Waals surface area contributed by atoms with E-state index in [4.69, 9.17) is 10.00 Å². The molecule has 1 aromatic carbocycles. The zero-order valence-electron chi connectivity index (χ0n) is 9.11. The first-order chi connectivity index (χ1) is 7.70. The first-order valence-electron chi connectivity index (χ1n) is 5.26. The van der Waals surface area contributed by atoms with E-state index in [9.17, 15) is 0 Å². The summed E-state index contributed by atoms with van der Waals surface area (Å²) in [5, 5.41) is 8.94. The molecule has 1 heterocycles. The second-order valence-electron chi connectivity index (χ2n) is 3.93. The summed E-state index contributed by atoms with van der Waals surface area (Å²) < 4.78 is 6.35. The number of halogens is 1. The third-order valence-corrected chi connectivity index (χ3v) is 3.17. The lowest BCUT2D eigenvalue weighted by atomic mass is 10.1. The van der Waals surface area contributed by atoms with Crippen LogP contribution in [0.3, 0.4) is 0 Å². The lowest BCUT2D eigenvalue weighted by Crippen LogP contribution is -2.43. The summed E-state index contributed by atoms with van der Waals surface area (Å²) in [6.45, 7) is 4.50. The van der Waals surface area contributed by atoms with Gasteiger partial charge in [-0.05, 0) is 25.1 Å². The van der Waals surface area contributed by atoms with Crippen molar-refractivity contribution in [2.24, 2.45) is 0 Å². The summed E-state index contributed by atoms with van der Waals surface area (Å²) in [5.74, 6) is 0. The van der Waals surface area contributed by atoms with Crippen LogP contribution >= 0.6 is 15.9 Å². The van der Waals surface area contributed by atoms with Gasteiger partial charge in [-0.25, -0.2) is 0 Å². The molecule has 1 aromatic rings. The molecule has 2 rings (SSSR count). The SMILES string of the molecule is CC1COCCN1c1cc(Br)cc(C#N)c1. The molecule has 0 amide bonds. The summed E-state index contributed by atoms with van der Waals surface area (Å²) in [7, 11) is 0. The van der Waals surface area contributed by atoms with Crippen molar-refractivity contribution in [3.63, 3.8) is 0 Å². The van der Waals surface area contributed by atoms with Gasteiger partial charge in [-0.15, -0.1) is 0 Å². The van der Waals surface area contributed by atoms with Crippen LogP contribution in [-0.4, -0.2) is 25.8 Å². The normalized spacial score (nSPS) is 20.6. The molecule has 3 nitrogen and oxygen atoms in total. The van der Waals surface area contributed by atoms with Gasteiger partial charge in [0.1, 0.15) is 0 Å². The fourth-order valence-electron chi connectivity index (χ4n) is 1.92. The number of hydrogen-bond acceptors (Lipinski definition) is 3. The minimum atomic E-state index is 0.356. The molecule has 0 bridgehead atoms. The molecule has 0 aromatic heterocycles. The van der Waals surface area contributed by atoms with Crippen molar-refractivity contribution in [1.82, 2.24) is 0 Å². The second-order valence-corrected chi connectivity index (χ2v) is 4.84. The summed E-state index contributed by atoms with van der Waals surface area (Å²) in [6.07, 6.45) is 0. The monoisotopic (exact) mass is 280 g/mol. The van der Waals surface area contributed by atoms with Crippen molar-refractivity contribution in [1.29, 1.82) is 5.26 Å². The highest BCUT2D eigenvalue weighted by atomic mass is 79.9. The summed E-state index contributed by atoms with van der Waals surface area (Å²) in [4.78, 5) is 2.27. The Balaban J connectivity index is 2.32. The fraction of sp³-hybridized carbons (Fsp3) is 0.417. The van der Waals surface area contributed by atoms with E-state index >= 15 is 0 Å². The molecule has 1 unspecified atom stereocenters. The first kappa shape index (κ1) is 11.4. The minimum absolute atomic E-state index is 0.356. The molecule has 0 radical (unpaired) electrons. The number of rotatable bonds is 1. The highest BCUT2D eigenvalue weighted by molar-refractivity contribution is 9.10. The Morgan fingerprint density at radius 1 is 1.50 bits per heavy atom.